The molecule has 0 aromatic rings. The fourth-order valence-corrected chi connectivity index (χ4v) is 1.39. The lowest BCUT2D eigenvalue weighted by atomic mass is 10.1. The van der Waals surface area contributed by atoms with Crippen molar-refractivity contribution >= 4 is 0 Å². The zero-order valence-corrected chi connectivity index (χ0v) is 9.21. The van der Waals surface area contributed by atoms with Crippen molar-refractivity contribution in [2.24, 2.45) is 5.92 Å². The summed E-state index contributed by atoms with van der Waals surface area (Å²) in [4.78, 5) is 2.38. The van der Waals surface area contributed by atoms with E-state index < -0.39 is 0 Å². The molecule has 3 heteroatoms. The van der Waals surface area contributed by atoms with Crippen LogP contribution in [0.15, 0.2) is 0 Å². The van der Waals surface area contributed by atoms with Crippen LogP contribution in [-0.2, 0) is 0 Å². The number of hydrogen-bond acceptors (Lipinski definition) is 3. The molecule has 1 heterocycles. The van der Waals surface area contributed by atoms with Gasteiger partial charge in [0.05, 0.1) is 0 Å². The van der Waals surface area contributed by atoms with E-state index in [4.69, 9.17) is 0 Å². The van der Waals surface area contributed by atoms with Gasteiger partial charge in [-0.2, -0.15) is 0 Å². The first-order valence-electron chi connectivity index (χ1n) is 5.39. The summed E-state index contributed by atoms with van der Waals surface area (Å²) in [5, 5.41) is 2.35. The molecule has 1 aliphatic rings. The van der Waals surface area contributed by atoms with E-state index >= 15 is 0 Å². The molecule has 0 aliphatic carbocycles. The van der Waals surface area contributed by atoms with E-state index in [2.05, 4.69) is 36.2 Å². The molecule has 78 valence electrons. The molecule has 1 unspecified atom stereocenters. The average Bonchev–Trinajstić information content (AvgIpc) is 2.16. The van der Waals surface area contributed by atoms with Gasteiger partial charge in [0.1, 0.15) is 0 Å². The number of hydrogen-bond donors (Lipinski definition) is 1. The van der Waals surface area contributed by atoms with E-state index in [1.54, 1.807) is 0 Å². The Morgan fingerprint density at radius 2 is 1.85 bits per heavy atom. The summed E-state index contributed by atoms with van der Waals surface area (Å²) in [7, 11) is 2.19. The van der Waals surface area contributed by atoms with Crippen molar-refractivity contribution in [3.8, 4) is 0 Å². The Bertz CT molecular complexity index is 130. The molecule has 0 radical (unpaired) electrons. The van der Waals surface area contributed by atoms with Gasteiger partial charge in [-0.15, -0.1) is 0 Å². The van der Waals surface area contributed by atoms with Crippen LogP contribution in [0.25, 0.3) is 0 Å². The Morgan fingerprint density at radius 3 is 2.38 bits per heavy atom. The highest BCUT2D eigenvalue weighted by Gasteiger charge is 2.13. The van der Waals surface area contributed by atoms with Crippen molar-refractivity contribution in [3.63, 3.8) is 0 Å². The first kappa shape index (κ1) is 11.0. The topological polar surface area (TPSA) is 18.5 Å². The summed E-state index contributed by atoms with van der Waals surface area (Å²) < 4.78 is 0. The van der Waals surface area contributed by atoms with E-state index in [0.29, 0.717) is 0 Å². The highest BCUT2D eigenvalue weighted by atomic mass is 15.5. The van der Waals surface area contributed by atoms with E-state index in [9.17, 15) is 0 Å². The molecule has 0 aromatic carbocycles. The summed E-state index contributed by atoms with van der Waals surface area (Å²) >= 11 is 0. The van der Waals surface area contributed by atoms with Crippen LogP contribution in [0.1, 0.15) is 20.3 Å². The lowest BCUT2D eigenvalue weighted by Crippen LogP contribution is -2.51. The molecule has 1 fully saturated rings. The standard InChI is InChI=1S/C10H23N3/c1-4-10(2)9-11-13-7-5-12(3)6-8-13/h10-11H,4-9H2,1-3H3. The lowest BCUT2D eigenvalue weighted by Gasteiger charge is -2.33. The normalized spacial score (nSPS) is 23.3. The Balaban J connectivity index is 2.08. The molecule has 0 bridgehead atoms. The van der Waals surface area contributed by atoms with Crippen LogP contribution in [0, 0.1) is 5.92 Å². The molecule has 13 heavy (non-hydrogen) atoms. The Labute approximate surface area is 82.1 Å². The summed E-state index contributed by atoms with van der Waals surface area (Å²) in [6, 6.07) is 0. The molecule has 1 rings (SSSR count). The number of likely N-dealkylation sites (N-methyl/N-ethyl adjacent to an activating group) is 1. The highest BCUT2D eigenvalue weighted by molar-refractivity contribution is 4.66. The minimum Gasteiger partial charge on any atom is -0.304 e. The number of rotatable bonds is 4. The van der Waals surface area contributed by atoms with Gasteiger partial charge in [-0.1, -0.05) is 20.3 Å². The predicted octanol–water partition coefficient (Wildman–Crippen LogP) is 0.785. The van der Waals surface area contributed by atoms with E-state index in [1.807, 2.05) is 0 Å². The van der Waals surface area contributed by atoms with Gasteiger partial charge in [0.15, 0.2) is 0 Å². The van der Waals surface area contributed by atoms with Crippen LogP contribution in [0.4, 0.5) is 0 Å². The van der Waals surface area contributed by atoms with Gasteiger partial charge in [0.25, 0.3) is 0 Å². The third-order valence-corrected chi connectivity index (χ3v) is 2.86. The van der Waals surface area contributed by atoms with Gasteiger partial charge in [-0.05, 0) is 13.0 Å². The summed E-state index contributed by atoms with van der Waals surface area (Å²) in [5.41, 5.74) is 3.50. The average molecular weight is 185 g/mol. The minimum absolute atomic E-state index is 0.791. The van der Waals surface area contributed by atoms with Gasteiger partial charge in [0, 0.05) is 32.7 Å². The SMILES string of the molecule is CCC(C)CNN1CCN(C)CC1. The number of hydrazine groups is 1. The minimum atomic E-state index is 0.791. The molecule has 0 amide bonds. The van der Waals surface area contributed by atoms with Gasteiger partial charge >= 0.3 is 0 Å². The zero-order valence-electron chi connectivity index (χ0n) is 9.21. The second kappa shape index (κ2) is 5.58. The second-order valence-electron chi connectivity index (χ2n) is 4.17. The lowest BCUT2D eigenvalue weighted by molar-refractivity contribution is 0.0986. The second-order valence-corrected chi connectivity index (χ2v) is 4.17. The first-order chi connectivity index (χ1) is 6.22. The zero-order chi connectivity index (χ0) is 9.68. The smallest absolute Gasteiger partial charge is 0.0259 e. The fraction of sp³-hybridized carbons (Fsp3) is 1.00. The largest absolute Gasteiger partial charge is 0.304 e. The number of piperazine rings is 1. The van der Waals surface area contributed by atoms with Crippen molar-refractivity contribution in [3.05, 3.63) is 0 Å². The molecule has 1 N–H and O–H groups in total. The maximum Gasteiger partial charge on any atom is 0.0259 e. The Kier molecular flexibility index (Phi) is 4.70. The van der Waals surface area contributed by atoms with Gasteiger partial charge in [-0.3, -0.25) is 5.43 Å². The number of nitrogens with one attached hydrogen (secondary N) is 1. The van der Waals surface area contributed by atoms with Crippen molar-refractivity contribution in [2.75, 3.05) is 39.8 Å². The monoisotopic (exact) mass is 185 g/mol. The van der Waals surface area contributed by atoms with Crippen molar-refractivity contribution < 1.29 is 0 Å². The van der Waals surface area contributed by atoms with Gasteiger partial charge < -0.3 is 4.90 Å². The molecule has 0 saturated carbocycles. The van der Waals surface area contributed by atoms with Crippen LogP contribution in [0.5, 0.6) is 0 Å². The Hall–Kier alpha value is -0.120. The first-order valence-corrected chi connectivity index (χ1v) is 5.39. The molecular formula is C10H23N3. The predicted molar refractivity (Wildman–Crippen MR) is 56.5 cm³/mol. The van der Waals surface area contributed by atoms with Crippen LogP contribution < -0.4 is 5.43 Å². The maximum absolute atomic E-state index is 3.50. The molecule has 3 nitrogen and oxygen atoms in total. The van der Waals surface area contributed by atoms with Gasteiger partial charge in [-0.25, -0.2) is 5.01 Å². The Morgan fingerprint density at radius 1 is 1.23 bits per heavy atom. The molecule has 0 spiro atoms. The third kappa shape index (κ3) is 4.07. The highest BCUT2D eigenvalue weighted by Crippen LogP contribution is 2.00. The van der Waals surface area contributed by atoms with E-state index in [1.165, 1.54) is 19.5 Å². The summed E-state index contributed by atoms with van der Waals surface area (Å²) in [6.45, 7) is 10.4. The molecule has 1 aliphatic heterocycles. The van der Waals surface area contributed by atoms with Crippen molar-refractivity contribution in [1.29, 1.82) is 0 Å². The summed E-state index contributed by atoms with van der Waals surface area (Å²) in [5.74, 6) is 0.791. The maximum atomic E-state index is 3.50. The van der Waals surface area contributed by atoms with Crippen LogP contribution >= 0.6 is 0 Å². The van der Waals surface area contributed by atoms with E-state index in [-0.39, 0.29) is 0 Å². The third-order valence-electron chi connectivity index (χ3n) is 2.86. The number of nitrogens with zero attached hydrogens (tertiary/aromatic N) is 2. The fourth-order valence-electron chi connectivity index (χ4n) is 1.39. The van der Waals surface area contributed by atoms with Crippen LogP contribution in [0.3, 0.4) is 0 Å². The molecule has 1 saturated heterocycles. The molecule has 1 atom stereocenters. The van der Waals surface area contributed by atoms with E-state index in [0.717, 1.165) is 25.6 Å². The van der Waals surface area contributed by atoms with Crippen molar-refractivity contribution in [1.82, 2.24) is 15.3 Å². The van der Waals surface area contributed by atoms with Crippen LogP contribution in [0.2, 0.25) is 0 Å². The summed E-state index contributed by atoms with van der Waals surface area (Å²) in [6.07, 6.45) is 1.26. The quantitative estimate of drug-likeness (QED) is 0.698. The van der Waals surface area contributed by atoms with Gasteiger partial charge in [0.2, 0.25) is 0 Å². The molecular weight excluding hydrogens is 162 g/mol. The molecule has 0 aromatic heterocycles. The van der Waals surface area contributed by atoms with Crippen molar-refractivity contribution in [2.45, 2.75) is 20.3 Å². The van der Waals surface area contributed by atoms with Crippen LogP contribution in [-0.4, -0.2) is 49.7 Å².